The Morgan fingerprint density at radius 2 is 1.88 bits per heavy atom. The Bertz CT molecular complexity index is 610. The molecule has 1 fully saturated rings. The lowest BCUT2D eigenvalue weighted by molar-refractivity contribution is -0.133. The van der Waals surface area contributed by atoms with Crippen molar-refractivity contribution in [2.75, 3.05) is 19.6 Å². The molecule has 1 aromatic carbocycles. The number of aryl methyl sites for hydroxylation is 1. The van der Waals surface area contributed by atoms with E-state index < -0.39 is 0 Å². The van der Waals surface area contributed by atoms with Gasteiger partial charge in [-0.1, -0.05) is 26.0 Å². The first-order valence-corrected chi connectivity index (χ1v) is 9.19. The van der Waals surface area contributed by atoms with Gasteiger partial charge in [-0.25, -0.2) is 4.39 Å². The molecule has 4 nitrogen and oxygen atoms in total. The van der Waals surface area contributed by atoms with Gasteiger partial charge >= 0.3 is 0 Å². The molecule has 1 aliphatic rings. The summed E-state index contributed by atoms with van der Waals surface area (Å²) in [6.07, 6.45) is 3.55. The molecule has 138 valence electrons. The predicted octanol–water partition coefficient (Wildman–Crippen LogP) is 3.39. The van der Waals surface area contributed by atoms with Gasteiger partial charge in [0, 0.05) is 19.5 Å². The third-order valence-corrected chi connectivity index (χ3v) is 4.97. The van der Waals surface area contributed by atoms with Crippen LogP contribution >= 0.6 is 0 Å². The summed E-state index contributed by atoms with van der Waals surface area (Å²) in [4.78, 5) is 26.3. The minimum atomic E-state index is -0.233. The smallest absolute Gasteiger partial charge is 0.241 e. The number of likely N-dealkylation sites (tertiary alicyclic amines) is 1. The van der Waals surface area contributed by atoms with Gasteiger partial charge in [0.05, 0.1) is 6.54 Å². The van der Waals surface area contributed by atoms with Crippen LogP contribution in [-0.4, -0.2) is 36.3 Å². The number of carbonyl (C=O) groups is 2. The summed E-state index contributed by atoms with van der Waals surface area (Å²) in [6, 6.07) is 5.02. The molecule has 2 amide bonds. The van der Waals surface area contributed by atoms with Crippen LogP contribution < -0.4 is 5.32 Å². The van der Waals surface area contributed by atoms with Gasteiger partial charge < -0.3 is 10.2 Å². The van der Waals surface area contributed by atoms with Crippen molar-refractivity contribution in [1.82, 2.24) is 10.2 Å². The SMILES string of the molecule is Cc1cc(C(CC(=O)NCC(=O)N2CCCCC2)C(C)C)ccc1F. The lowest BCUT2D eigenvalue weighted by Gasteiger charge is -2.27. The second-order valence-electron chi connectivity index (χ2n) is 7.28. The highest BCUT2D eigenvalue weighted by molar-refractivity contribution is 5.85. The van der Waals surface area contributed by atoms with E-state index in [-0.39, 0.29) is 36.0 Å². The highest BCUT2D eigenvalue weighted by Gasteiger charge is 2.22. The van der Waals surface area contributed by atoms with E-state index in [2.05, 4.69) is 19.2 Å². The van der Waals surface area contributed by atoms with E-state index in [9.17, 15) is 14.0 Å². The summed E-state index contributed by atoms with van der Waals surface area (Å²) in [6.45, 7) is 7.47. The molecule has 2 rings (SSSR count). The van der Waals surface area contributed by atoms with Crippen molar-refractivity contribution in [3.8, 4) is 0 Å². The summed E-state index contributed by atoms with van der Waals surface area (Å²) >= 11 is 0. The summed E-state index contributed by atoms with van der Waals surface area (Å²) < 4.78 is 13.5. The highest BCUT2D eigenvalue weighted by Crippen LogP contribution is 2.29. The largest absolute Gasteiger partial charge is 0.347 e. The lowest BCUT2D eigenvalue weighted by Crippen LogP contribution is -2.42. The maximum absolute atomic E-state index is 13.5. The van der Waals surface area contributed by atoms with Crippen LogP contribution in [-0.2, 0) is 9.59 Å². The number of hydrogen-bond donors (Lipinski definition) is 1. The molecule has 0 saturated carbocycles. The van der Waals surface area contributed by atoms with Gasteiger partial charge in [-0.3, -0.25) is 9.59 Å². The molecule has 1 N–H and O–H groups in total. The second kappa shape index (κ2) is 8.97. The zero-order valence-electron chi connectivity index (χ0n) is 15.5. The van der Waals surface area contributed by atoms with Crippen LogP contribution in [0.2, 0.25) is 0 Å². The minimum Gasteiger partial charge on any atom is -0.347 e. The van der Waals surface area contributed by atoms with Crippen LogP contribution in [0, 0.1) is 18.7 Å². The zero-order chi connectivity index (χ0) is 18.4. The first-order chi connectivity index (χ1) is 11.9. The molecule has 0 aliphatic carbocycles. The molecule has 1 heterocycles. The van der Waals surface area contributed by atoms with Crippen LogP contribution in [0.5, 0.6) is 0 Å². The first kappa shape index (κ1) is 19.4. The zero-order valence-corrected chi connectivity index (χ0v) is 15.5. The van der Waals surface area contributed by atoms with E-state index >= 15 is 0 Å². The number of amides is 2. The molecular weight excluding hydrogens is 319 g/mol. The number of halogens is 1. The van der Waals surface area contributed by atoms with E-state index in [1.807, 2.05) is 11.0 Å². The quantitative estimate of drug-likeness (QED) is 0.857. The van der Waals surface area contributed by atoms with Crippen molar-refractivity contribution in [2.24, 2.45) is 5.92 Å². The second-order valence-corrected chi connectivity index (χ2v) is 7.28. The molecule has 1 saturated heterocycles. The van der Waals surface area contributed by atoms with Gasteiger partial charge in [0.1, 0.15) is 5.82 Å². The normalized spacial score (nSPS) is 16.0. The summed E-state index contributed by atoms with van der Waals surface area (Å²) in [5.74, 6) is -0.126. The maximum atomic E-state index is 13.5. The molecule has 1 unspecified atom stereocenters. The first-order valence-electron chi connectivity index (χ1n) is 9.19. The Balaban J connectivity index is 1.91. The highest BCUT2D eigenvalue weighted by atomic mass is 19.1. The number of piperidine rings is 1. The van der Waals surface area contributed by atoms with Crippen LogP contribution in [0.1, 0.15) is 56.6 Å². The molecule has 0 bridgehead atoms. The van der Waals surface area contributed by atoms with E-state index in [4.69, 9.17) is 0 Å². The van der Waals surface area contributed by atoms with Crippen molar-refractivity contribution in [2.45, 2.75) is 52.4 Å². The standard InChI is InChI=1S/C20H29FN2O2/c1-14(2)17(16-7-8-18(21)15(3)11-16)12-19(24)22-13-20(25)23-9-5-4-6-10-23/h7-8,11,14,17H,4-6,9-10,12-13H2,1-3H3,(H,22,24). The van der Waals surface area contributed by atoms with Crippen LogP contribution in [0.3, 0.4) is 0 Å². The Kier molecular flexibility index (Phi) is 6.97. The van der Waals surface area contributed by atoms with E-state index in [0.717, 1.165) is 31.5 Å². The van der Waals surface area contributed by atoms with E-state index in [1.54, 1.807) is 13.0 Å². The third kappa shape index (κ3) is 5.55. The van der Waals surface area contributed by atoms with Gasteiger partial charge in [-0.05, 0) is 55.2 Å². The maximum Gasteiger partial charge on any atom is 0.241 e. The molecular formula is C20H29FN2O2. The molecule has 25 heavy (non-hydrogen) atoms. The van der Waals surface area contributed by atoms with Crippen LogP contribution in [0.4, 0.5) is 4.39 Å². The number of nitrogens with one attached hydrogen (secondary N) is 1. The van der Waals surface area contributed by atoms with E-state index in [1.165, 1.54) is 12.5 Å². The fraction of sp³-hybridized carbons (Fsp3) is 0.600. The van der Waals surface area contributed by atoms with Gasteiger partial charge in [0.15, 0.2) is 0 Å². The van der Waals surface area contributed by atoms with Gasteiger partial charge in [0.2, 0.25) is 11.8 Å². The summed E-state index contributed by atoms with van der Waals surface area (Å²) in [5.41, 5.74) is 1.55. The van der Waals surface area contributed by atoms with Crippen molar-refractivity contribution in [1.29, 1.82) is 0 Å². The fourth-order valence-corrected chi connectivity index (χ4v) is 3.34. The Morgan fingerprint density at radius 1 is 1.20 bits per heavy atom. The molecule has 5 heteroatoms. The predicted molar refractivity (Wildman–Crippen MR) is 96.8 cm³/mol. The number of nitrogens with zero attached hydrogens (tertiary/aromatic N) is 1. The van der Waals surface area contributed by atoms with Crippen molar-refractivity contribution >= 4 is 11.8 Å². The number of hydrogen-bond acceptors (Lipinski definition) is 2. The average molecular weight is 348 g/mol. The number of benzene rings is 1. The number of rotatable bonds is 6. The van der Waals surface area contributed by atoms with Gasteiger partial charge in [0.25, 0.3) is 0 Å². The minimum absolute atomic E-state index is 0.00406. The summed E-state index contributed by atoms with van der Waals surface area (Å²) in [7, 11) is 0. The fourth-order valence-electron chi connectivity index (χ4n) is 3.34. The summed E-state index contributed by atoms with van der Waals surface area (Å²) in [5, 5.41) is 2.76. The average Bonchev–Trinajstić information content (AvgIpc) is 2.60. The van der Waals surface area contributed by atoms with Crippen molar-refractivity contribution < 1.29 is 14.0 Å². The molecule has 0 spiro atoms. The monoisotopic (exact) mass is 348 g/mol. The lowest BCUT2D eigenvalue weighted by atomic mass is 9.85. The Labute approximate surface area is 149 Å². The molecule has 0 aromatic heterocycles. The third-order valence-electron chi connectivity index (χ3n) is 4.97. The molecule has 1 atom stereocenters. The van der Waals surface area contributed by atoms with Crippen LogP contribution in [0.15, 0.2) is 18.2 Å². The molecule has 0 radical (unpaired) electrons. The topological polar surface area (TPSA) is 49.4 Å². The van der Waals surface area contributed by atoms with Gasteiger partial charge in [-0.15, -0.1) is 0 Å². The van der Waals surface area contributed by atoms with E-state index in [0.29, 0.717) is 12.0 Å². The molecule has 1 aromatic rings. The van der Waals surface area contributed by atoms with Crippen LogP contribution in [0.25, 0.3) is 0 Å². The Hall–Kier alpha value is -1.91. The number of carbonyl (C=O) groups excluding carboxylic acids is 2. The van der Waals surface area contributed by atoms with Crippen molar-refractivity contribution in [3.05, 3.63) is 35.1 Å². The van der Waals surface area contributed by atoms with Crippen molar-refractivity contribution in [3.63, 3.8) is 0 Å². The Morgan fingerprint density at radius 3 is 2.48 bits per heavy atom. The molecule has 1 aliphatic heterocycles. The van der Waals surface area contributed by atoms with Gasteiger partial charge in [-0.2, -0.15) is 0 Å².